The van der Waals surface area contributed by atoms with Crippen molar-refractivity contribution < 1.29 is 4.74 Å². The first-order valence-corrected chi connectivity index (χ1v) is 13.4. The largest absolute Gasteiger partial charge is 0.488 e. The first kappa shape index (κ1) is 24.6. The molecule has 0 fully saturated rings. The van der Waals surface area contributed by atoms with E-state index >= 15 is 0 Å². The molecule has 5 rings (SSSR count). The van der Waals surface area contributed by atoms with Crippen LogP contribution in [0.2, 0.25) is 5.02 Å². The summed E-state index contributed by atoms with van der Waals surface area (Å²) in [4.78, 5) is 0. The van der Waals surface area contributed by atoms with Crippen molar-refractivity contribution in [2.75, 3.05) is 0 Å². The summed E-state index contributed by atoms with van der Waals surface area (Å²) in [5, 5.41) is 17.0. The first-order valence-electron chi connectivity index (χ1n) is 11.3. The van der Waals surface area contributed by atoms with Gasteiger partial charge >= 0.3 is 0 Å². The van der Waals surface area contributed by atoms with Crippen molar-refractivity contribution in [3.8, 4) is 5.75 Å². The first-order chi connectivity index (χ1) is 17.6. The molecule has 0 N–H and O–H groups in total. The second-order valence-corrected chi connectivity index (χ2v) is 10.4. The average Bonchev–Trinajstić information content (AvgIpc) is 3.26. The Kier molecular flexibility index (Phi) is 7.70. The van der Waals surface area contributed by atoms with Crippen molar-refractivity contribution in [2.45, 2.75) is 24.4 Å². The average molecular weight is 578 g/mol. The fourth-order valence-corrected chi connectivity index (χ4v) is 4.96. The van der Waals surface area contributed by atoms with Gasteiger partial charge in [-0.2, -0.15) is 9.78 Å². The number of hydrogen-bond acceptors (Lipinski definition) is 5. The van der Waals surface area contributed by atoms with Crippen molar-refractivity contribution in [1.29, 1.82) is 0 Å². The maximum Gasteiger partial charge on any atom is 0.212 e. The van der Waals surface area contributed by atoms with Crippen LogP contribution in [0.1, 0.15) is 22.5 Å². The Bertz CT molecular complexity index is 1520. The summed E-state index contributed by atoms with van der Waals surface area (Å²) >= 11 is 11.1. The van der Waals surface area contributed by atoms with Crippen LogP contribution in [0.25, 0.3) is 10.8 Å². The molecule has 8 heteroatoms. The summed E-state index contributed by atoms with van der Waals surface area (Å²) in [6, 6.07) is 28.2. The molecule has 4 aromatic carbocycles. The topological polar surface area (TPSA) is 52.3 Å². The highest BCUT2D eigenvalue weighted by atomic mass is 79.9. The predicted octanol–water partition coefficient (Wildman–Crippen LogP) is 7.91. The lowest BCUT2D eigenvalue weighted by atomic mass is 10.0. The second-order valence-electron chi connectivity index (χ2n) is 8.11. The number of thioether (sulfide) groups is 1. The monoisotopic (exact) mass is 576 g/mol. The molecule has 0 saturated heterocycles. The van der Waals surface area contributed by atoms with E-state index in [9.17, 15) is 0 Å². The Hall–Kier alpha value is -3.13. The smallest absolute Gasteiger partial charge is 0.212 e. The van der Waals surface area contributed by atoms with Crippen molar-refractivity contribution in [3.63, 3.8) is 0 Å². The maximum atomic E-state index is 6.23. The van der Waals surface area contributed by atoms with Gasteiger partial charge in [0.1, 0.15) is 12.4 Å². The summed E-state index contributed by atoms with van der Waals surface area (Å²) in [5.74, 6) is 2.24. The highest BCUT2D eigenvalue weighted by molar-refractivity contribution is 9.10. The second kappa shape index (κ2) is 11.3. The van der Waals surface area contributed by atoms with E-state index in [1.165, 1.54) is 5.56 Å². The molecular weight excluding hydrogens is 556 g/mol. The fourth-order valence-electron chi connectivity index (χ4n) is 3.68. The van der Waals surface area contributed by atoms with Crippen LogP contribution >= 0.6 is 39.3 Å². The van der Waals surface area contributed by atoms with E-state index in [0.29, 0.717) is 17.5 Å². The Morgan fingerprint density at radius 2 is 1.69 bits per heavy atom. The fraction of sp³-hybridized carbons (Fsp3) is 0.107. The van der Waals surface area contributed by atoms with Gasteiger partial charge in [-0.3, -0.25) is 0 Å². The van der Waals surface area contributed by atoms with Gasteiger partial charge in [-0.25, -0.2) is 0 Å². The van der Waals surface area contributed by atoms with Crippen molar-refractivity contribution in [3.05, 3.63) is 117 Å². The Morgan fingerprint density at radius 3 is 2.50 bits per heavy atom. The lowest BCUT2D eigenvalue weighted by Crippen LogP contribution is -2.01. The summed E-state index contributed by atoms with van der Waals surface area (Å²) in [7, 11) is 0. The number of aryl methyl sites for hydroxylation is 1. The van der Waals surface area contributed by atoms with Gasteiger partial charge in [0.15, 0.2) is 5.82 Å². The Morgan fingerprint density at radius 1 is 0.944 bits per heavy atom. The molecule has 5 aromatic rings. The molecule has 1 aromatic heterocycles. The molecule has 0 spiro atoms. The maximum absolute atomic E-state index is 6.23. The van der Waals surface area contributed by atoms with E-state index in [1.807, 2.05) is 67.7 Å². The number of benzene rings is 4. The number of aromatic nitrogens is 3. The summed E-state index contributed by atoms with van der Waals surface area (Å²) in [5.41, 5.74) is 3.14. The number of nitrogens with zero attached hydrogens (tertiary/aromatic N) is 4. The van der Waals surface area contributed by atoms with Crippen molar-refractivity contribution in [1.82, 2.24) is 14.9 Å². The van der Waals surface area contributed by atoms with E-state index in [0.717, 1.165) is 43.0 Å². The number of ether oxygens (including phenoxy) is 1. The molecule has 0 aliphatic carbocycles. The van der Waals surface area contributed by atoms with Crippen LogP contribution in [-0.4, -0.2) is 21.1 Å². The molecule has 5 nitrogen and oxygen atoms in total. The Balaban J connectivity index is 1.43. The van der Waals surface area contributed by atoms with Crippen LogP contribution in [0, 0.1) is 6.92 Å². The molecule has 0 amide bonds. The number of halogens is 2. The van der Waals surface area contributed by atoms with Crippen LogP contribution in [0.3, 0.4) is 0 Å². The lowest BCUT2D eigenvalue weighted by Gasteiger charge is -2.12. The van der Waals surface area contributed by atoms with Crippen LogP contribution in [0.15, 0.2) is 99.7 Å². The van der Waals surface area contributed by atoms with Gasteiger partial charge in [-0.1, -0.05) is 93.9 Å². The highest BCUT2D eigenvalue weighted by Gasteiger charge is 2.11. The third-order valence-electron chi connectivity index (χ3n) is 5.59. The normalized spacial score (nSPS) is 11.4. The molecule has 0 aliphatic heterocycles. The van der Waals surface area contributed by atoms with Gasteiger partial charge < -0.3 is 4.74 Å². The van der Waals surface area contributed by atoms with Gasteiger partial charge in [0.05, 0.1) is 6.21 Å². The van der Waals surface area contributed by atoms with E-state index < -0.39 is 0 Å². The van der Waals surface area contributed by atoms with E-state index in [-0.39, 0.29) is 0 Å². The predicted molar refractivity (Wildman–Crippen MR) is 151 cm³/mol. The van der Waals surface area contributed by atoms with Crippen LogP contribution in [0.5, 0.6) is 5.75 Å². The molecular formula is C28H22BrClN4OS. The zero-order valence-electron chi connectivity index (χ0n) is 19.4. The number of fused-ring (bicyclic) bond motifs is 1. The van der Waals surface area contributed by atoms with Crippen LogP contribution < -0.4 is 4.74 Å². The number of rotatable bonds is 8. The standard InChI is InChI=1S/C28H22BrClN4OS/c1-19-32-33-28(36-18-21-6-11-23(29)12-7-21)34(19)31-16-26-25-5-3-2-4-22(25)10-15-27(26)35-17-20-8-13-24(30)14-9-20/h2-16H,17-18H2,1H3/b31-16+. The minimum atomic E-state index is 0.427. The minimum Gasteiger partial charge on any atom is -0.488 e. The lowest BCUT2D eigenvalue weighted by molar-refractivity contribution is 0.306. The molecule has 0 saturated carbocycles. The van der Waals surface area contributed by atoms with Gasteiger partial charge in [-0.15, -0.1) is 10.2 Å². The molecule has 0 atom stereocenters. The Labute approximate surface area is 227 Å². The van der Waals surface area contributed by atoms with Gasteiger partial charge in [0.2, 0.25) is 5.16 Å². The summed E-state index contributed by atoms with van der Waals surface area (Å²) < 4.78 is 9.06. The van der Waals surface area contributed by atoms with Crippen LogP contribution in [-0.2, 0) is 12.4 Å². The van der Waals surface area contributed by atoms with Gasteiger partial charge in [-0.05, 0) is 59.2 Å². The van der Waals surface area contributed by atoms with Gasteiger partial charge in [0, 0.05) is 20.8 Å². The quantitative estimate of drug-likeness (QED) is 0.139. The number of hydrogen-bond donors (Lipinski definition) is 0. The SMILES string of the molecule is Cc1nnc(SCc2ccc(Br)cc2)n1/N=C/c1c(OCc2ccc(Cl)cc2)ccc2ccccc12. The van der Waals surface area contributed by atoms with Gasteiger partial charge in [0.25, 0.3) is 0 Å². The molecule has 0 aliphatic rings. The van der Waals surface area contributed by atoms with Crippen molar-refractivity contribution in [2.24, 2.45) is 5.10 Å². The van der Waals surface area contributed by atoms with E-state index in [4.69, 9.17) is 21.4 Å². The summed E-state index contributed by atoms with van der Waals surface area (Å²) in [6.07, 6.45) is 1.83. The molecule has 36 heavy (non-hydrogen) atoms. The zero-order chi connectivity index (χ0) is 24.9. The third kappa shape index (κ3) is 5.81. The van der Waals surface area contributed by atoms with Crippen molar-refractivity contribution >= 4 is 56.3 Å². The molecule has 180 valence electrons. The molecule has 0 bridgehead atoms. The molecule has 0 unspecified atom stereocenters. The van der Waals surface area contributed by atoms with Crippen LogP contribution in [0.4, 0.5) is 0 Å². The van der Waals surface area contributed by atoms with E-state index in [2.05, 4.69) is 56.5 Å². The highest BCUT2D eigenvalue weighted by Crippen LogP contribution is 2.28. The zero-order valence-corrected chi connectivity index (χ0v) is 22.6. The minimum absolute atomic E-state index is 0.427. The molecule has 1 heterocycles. The van der Waals surface area contributed by atoms with E-state index in [1.54, 1.807) is 16.4 Å². The summed E-state index contributed by atoms with van der Waals surface area (Å²) in [6.45, 7) is 2.32. The molecule has 0 radical (unpaired) electrons. The third-order valence-corrected chi connectivity index (χ3v) is 7.36.